The van der Waals surface area contributed by atoms with Gasteiger partial charge < -0.3 is 4.90 Å². The van der Waals surface area contributed by atoms with Crippen LogP contribution in [0.5, 0.6) is 0 Å². The molecular weight excluding hydrogens is 266 g/mol. The van der Waals surface area contributed by atoms with Crippen LogP contribution in [0.1, 0.15) is 30.6 Å². The molecule has 3 heteroatoms. The zero-order valence-electron chi connectivity index (χ0n) is 9.87. The summed E-state index contributed by atoms with van der Waals surface area (Å²) in [7, 11) is 0. The molecule has 0 unspecified atom stereocenters. The maximum atomic E-state index is 11.9. The third kappa shape index (κ3) is 4.06. The summed E-state index contributed by atoms with van der Waals surface area (Å²) in [5.74, 6) is 0.222. The summed E-state index contributed by atoms with van der Waals surface area (Å²) in [5.41, 5.74) is 0.801. The molecule has 0 N–H and O–H groups in total. The van der Waals surface area contributed by atoms with Crippen LogP contribution in [0.3, 0.4) is 0 Å². The van der Waals surface area contributed by atoms with Gasteiger partial charge in [-0.1, -0.05) is 41.9 Å². The van der Waals surface area contributed by atoms with E-state index >= 15 is 0 Å². The number of hydrogen-bond acceptors (Lipinski definition) is 2. The zero-order valence-corrected chi connectivity index (χ0v) is 11.5. The fraction of sp³-hybridized carbons (Fsp3) is 0.462. The topological polar surface area (TPSA) is 20.3 Å². The molecule has 0 bridgehead atoms. The molecule has 0 aliphatic carbocycles. The highest BCUT2D eigenvalue weighted by Crippen LogP contribution is 2.12. The summed E-state index contributed by atoms with van der Waals surface area (Å²) in [4.78, 5) is 14.1. The van der Waals surface area contributed by atoms with Gasteiger partial charge in [-0.25, -0.2) is 0 Å². The normalized spacial score (nSPS) is 10.8. The van der Waals surface area contributed by atoms with Crippen LogP contribution in [-0.4, -0.2) is 30.3 Å². The van der Waals surface area contributed by atoms with Crippen molar-refractivity contribution in [1.29, 1.82) is 0 Å². The van der Waals surface area contributed by atoms with Crippen molar-refractivity contribution in [2.75, 3.05) is 19.6 Å². The smallest absolute Gasteiger partial charge is 0.164 e. The molecule has 0 saturated carbocycles. The molecule has 0 radical (unpaired) electrons. The number of rotatable bonds is 6. The Balaban J connectivity index is 2.49. The van der Waals surface area contributed by atoms with E-state index in [2.05, 4.69) is 34.7 Å². The first kappa shape index (κ1) is 13.4. The Kier molecular flexibility index (Phi) is 5.71. The van der Waals surface area contributed by atoms with E-state index in [-0.39, 0.29) is 5.78 Å². The van der Waals surface area contributed by atoms with Gasteiger partial charge in [-0.2, -0.15) is 0 Å². The second-order valence-electron chi connectivity index (χ2n) is 3.71. The van der Waals surface area contributed by atoms with Gasteiger partial charge in [-0.05, 0) is 25.2 Å². The largest absolute Gasteiger partial charge is 0.303 e. The lowest BCUT2D eigenvalue weighted by Gasteiger charge is -2.16. The molecule has 0 heterocycles. The van der Waals surface area contributed by atoms with Gasteiger partial charge in [-0.3, -0.25) is 4.79 Å². The van der Waals surface area contributed by atoms with Gasteiger partial charge in [-0.15, -0.1) is 0 Å². The quantitative estimate of drug-likeness (QED) is 0.746. The van der Waals surface area contributed by atoms with E-state index in [1.165, 1.54) is 0 Å². The molecule has 16 heavy (non-hydrogen) atoms. The van der Waals surface area contributed by atoms with Gasteiger partial charge in [0.05, 0.1) is 0 Å². The number of carbonyl (C=O) groups excluding carboxylic acids is 1. The van der Waals surface area contributed by atoms with E-state index in [9.17, 15) is 4.79 Å². The summed E-state index contributed by atoms with van der Waals surface area (Å²) in [5, 5.41) is 0. The molecule has 88 valence electrons. The summed E-state index contributed by atoms with van der Waals surface area (Å²) >= 11 is 3.36. The standard InChI is InChI=1S/C13H18BrNO/c1-3-15(4-2)10-9-13(16)11-5-7-12(14)8-6-11/h5-8H,3-4,9-10H2,1-2H3. The van der Waals surface area contributed by atoms with E-state index in [0.717, 1.165) is 29.7 Å². The third-order valence-electron chi connectivity index (χ3n) is 2.72. The highest BCUT2D eigenvalue weighted by atomic mass is 79.9. The number of nitrogens with zero attached hydrogens (tertiary/aromatic N) is 1. The van der Waals surface area contributed by atoms with Gasteiger partial charge in [0.2, 0.25) is 0 Å². The molecule has 1 aromatic rings. The molecule has 0 amide bonds. The molecule has 0 fully saturated rings. The van der Waals surface area contributed by atoms with Crippen molar-refractivity contribution in [1.82, 2.24) is 4.90 Å². The van der Waals surface area contributed by atoms with Gasteiger partial charge >= 0.3 is 0 Å². The average molecular weight is 284 g/mol. The van der Waals surface area contributed by atoms with Crippen molar-refractivity contribution < 1.29 is 4.79 Å². The fourth-order valence-corrected chi connectivity index (χ4v) is 1.84. The van der Waals surface area contributed by atoms with E-state index in [1.807, 2.05) is 24.3 Å². The molecule has 1 aromatic carbocycles. The van der Waals surface area contributed by atoms with Crippen LogP contribution in [0.15, 0.2) is 28.7 Å². The minimum Gasteiger partial charge on any atom is -0.303 e. The summed E-state index contributed by atoms with van der Waals surface area (Å²) in [6, 6.07) is 7.55. The Hall–Kier alpha value is -0.670. The van der Waals surface area contributed by atoms with Crippen molar-refractivity contribution >= 4 is 21.7 Å². The maximum absolute atomic E-state index is 11.9. The van der Waals surface area contributed by atoms with Crippen LogP contribution >= 0.6 is 15.9 Å². The van der Waals surface area contributed by atoms with Gasteiger partial charge in [0.15, 0.2) is 5.78 Å². The van der Waals surface area contributed by atoms with Crippen LogP contribution in [0.4, 0.5) is 0 Å². The van der Waals surface area contributed by atoms with Crippen molar-refractivity contribution in [3.05, 3.63) is 34.3 Å². The molecule has 0 saturated heterocycles. The molecule has 0 aliphatic rings. The Morgan fingerprint density at radius 1 is 1.19 bits per heavy atom. The summed E-state index contributed by atoms with van der Waals surface area (Å²) in [6.45, 7) is 7.09. The minimum atomic E-state index is 0.222. The first-order chi connectivity index (χ1) is 7.67. The zero-order chi connectivity index (χ0) is 12.0. The summed E-state index contributed by atoms with van der Waals surface area (Å²) < 4.78 is 1.01. The number of Topliss-reactive ketones (excluding diaryl/α,β-unsaturated/α-hetero) is 1. The van der Waals surface area contributed by atoms with Crippen LogP contribution < -0.4 is 0 Å². The lowest BCUT2D eigenvalue weighted by atomic mass is 10.1. The molecule has 1 rings (SSSR count). The number of halogens is 1. The van der Waals surface area contributed by atoms with Crippen LogP contribution in [0.2, 0.25) is 0 Å². The van der Waals surface area contributed by atoms with Gasteiger partial charge in [0, 0.05) is 23.0 Å². The van der Waals surface area contributed by atoms with Gasteiger partial charge in [0.1, 0.15) is 0 Å². The molecule has 0 aliphatic heterocycles. The number of ketones is 1. The lowest BCUT2D eigenvalue weighted by molar-refractivity contribution is 0.0966. The molecular formula is C13H18BrNO. The first-order valence-electron chi connectivity index (χ1n) is 5.68. The molecule has 2 nitrogen and oxygen atoms in total. The fourth-order valence-electron chi connectivity index (χ4n) is 1.58. The van der Waals surface area contributed by atoms with E-state index < -0.39 is 0 Å². The maximum Gasteiger partial charge on any atom is 0.164 e. The first-order valence-corrected chi connectivity index (χ1v) is 6.47. The third-order valence-corrected chi connectivity index (χ3v) is 3.24. The predicted octanol–water partition coefficient (Wildman–Crippen LogP) is 3.36. The highest BCUT2D eigenvalue weighted by molar-refractivity contribution is 9.10. The highest BCUT2D eigenvalue weighted by Gasteiger charge is 2.07. The lowest BCUT2D eigenvalue weighted by Crippen LogP contribution is -2.25. The van der Waals surface area contributed by atoms with E-state index in [0.29, 0.717) is 6.42 Å². The van der Waals surface area contributed by atoms with Gasteiger partial charge in [0.25, 0.3) is 0 Å². The van der Waals surface area contributed by atoms with Crippen molar-refractivity contribution in [3.63, 3.8) is 0 Å². The Bertz CT molecular complexity index is 330. The molecule has 0 aromatic heterocycles. The van der Waals surface area contributed by atoms with Crippen molar-refractivity contribution in [3.8, 4) is 0 Å². The Morgan fingerprint density at radius 2 is 1.75 bits per heavy atom. The number of hydrogen-bond donors (Lipinski definition) is 0. The second-order valence-corrected chi connectivity index (χ2v) is 4.62. The number of benzene rings is 1. The van der Waals surface area contributed by atoms with Crippen LogP contribution in [-0.2, 0) is 0 Å². The second kappa shape index (κ2) is 6.81. The SMILES string of the molecule is CCN(CC)CCC(=O)c1ccc(Br)cc1. The molecule has 0 atom stereocenters. The van der Waals surface area contributed by atoms with Crippen LogP contribution in [0, 0.1) is 0 Å². The Labute approximate surface area is 106 Å². The Morgan fingerprint density at radius 3 is 2.25 bits per heavy atom. The van der Waals surface area contributed by atoms with E-state index in [1.54, 1.807) is 0 Å². The monoisotopic (exact) mass is 283 g/mol. The van der Waals surface area contributed by atoms with Crippen molar-refractivity contribution in [2.45, 2.75) is 20.3 Å². The number of carbonyl (C=O) groups is 1. The summed E-state index contributed by atoms with van der Waals surface area (Å²) in [6.07, 6.45) is 0.601. The van der Waals surface area contributed by atoms with E-state index in [4.69, 9.17) is 0 Å². The average Bonchev–Trinajstić information content (AvgIpc) is 2.31. The minimum absolute atomic E-state index is 0.222. The van der Waals surface area contributed by atoms with Crippen LogP contribution in [0.25, 0.3) is 0 Å². The van der Waals surface area contributed by atoms with Crippen molar-refractivity contribution in [2.24, 2.45) is 0 Å². The molecule has 0 spiro atoms. The predicted molar refractivity (Wildman–Crippen MR) is 70.9 cm³/mol.